The molecule has 3 amide bonds. The van der Waals surface area contributed by atoms with E-state index in [0.29, 0.717) is 33.6 Å². The highest BCUT2D eigenvalue weighted by molar-refractivity contribution is 8.13. The lowest BCUT2D eigenvalue weighted by molar-refractivity contribution is -0.117. The smallest absolute Gasteiger partial charge is 0.300 e. The Labute approximate surface area is 212 Å². The first-order valence-electron chi connectivity index (χ1n) is 9.27. The quantitative estimate of drug-likeness (QED) is 0.446. The molecule has 2 fully saturated rings. The van der Waals surface area contributed by atoms with Gasteiger partial charge < -0.3 is 5.32 Å². The molecule has 4 rings (SSSR count). The van der Waals surface area contributed by atoms with E-state index in [9.17, 15) is 14.4 Å². The van der Waals surface area contributed by atoms with Gasteiger partial charge in [-0.05, 0) is 42.0 Å². The van der Waals surface area contributed by atoms with Crippen LogP contribution >= 0.6 is 69.8 Å². The maximum atomic E-state index is 12.9. The van der Waals surface area contributed by atoms with Gasteiger partial charge in [-0.3, -0.25) is 19.8 Å². The molecule has 1 heterocycles. The standard InChI is InChI=1S/C20H14Cl5N3O3S/c21-10-5-9(6-11(22)7-10)15-16(20(15,24)25)18(30)26-12-1-2-14(23)13(8-12)17(29)27-28-3-4-32-19(28)31/h1-2,5-8,15-16H,3-4H2,(H,26,30)(H,27,29). The number of thioether (sulfide) groups is 1. The number of anilines is 1. The van der Waals surface area contributed by atoms with Gasteiger partial charge in [0.15, 0.2) is 0 Å². The zero-order chi connectivity index (χ0) is 23.2. The summed E-state index contributed by atoms with van der Waals surface area (Å²) in [7, 11) is 0. The van der Waals surface area contributed by atoms with Gasteiger partial charge in [-0.15, -0.1) is 23.2 Å². The molecule has 6 nitrogen and oxygen atoms in total. The highest BCUT2D eigenvalue weighted by Crippen LogP contribution is 2.65. The highest BCUT2D eigenvalue weighted by atomic mass is 35.5. The molecule has 1 saturated carbocycles. The molecule has 2 N–H and O–H groups in total. The van der Waals surface area contributed by atoms with Gasteiger partial charge in [-0.1, -0.05) is 46.6 Å². The van der Waals surface area contributed by atoms with Crippen molar-refractivity contribution in [1.29, 1.82) is 0 Å². The number of benzene rings is 2. The minimum absolute atomic E-state index is 0.103. The van der Waals surface area contributed by atoms with E-state index in [1.54, 1.807) is 24.3 Å². The van der Waals surface area contributed by atoms with Crippen molar-refractivity contribution < 1.29 is 14.4 Å². The molecule has 2 aliphatic rings. The Kier molecular flexibility index (Phi) is 6.78. The molecule has 0 radical (unpaired) electrons. The number of hydrazine groups is 1. The van der Waals surface area contributed by atoms with Gasteiger partial charge in [0.2, 0.25) is 5.91 Å². The zero-order valence-electron chi connectivity index (χ0n) is 16.0. The second-order valence-electron chi connectivity index (χ2n) is 7.22. The largest absolute Gasteiger partial charge is 0.326 e. The first kappa shape index (κ1) is 23.8. The molecule has 0 spiro atoms. The molecule has 32 heavy (non-hydrogen) atoms. The second kappa shape index (κ2) is 9.12. The van der Waals surface area contributed by atoms with E-state index in [0.717, 1.165) is 11.8 Å². The van der Waals surface area contributed by atoms with Crippen LogP contribution in [-0.2, 0) is 4.79 Å². The summed E-state index contributed by atoms with van der Waals surface area (Å²) in [4.78, 5) is 37.2. The molecule has 1 saturated heterocycles. The fourth-order valence-corrected chi connectivity index (χ4v) is 5.81. The van der Waals surface area contributed by atoms with Crippen molar-refractivity contribution in [2.24, 2.45) is 5.92 Å². The first-order chi connectivity index (χ1) is 15.1. The fourth-order valence-electron chi connectivity index (χ4n) is 3.50. The molecule has 168 valence electrons. The van der Waals surface area contributed by atoms with Gasteiger partial charge in [0.1, 0.15) is 4.33 Å². The molecule has 1 aliphatic carbocycles. The van der Waals surface area contributed by atoms with Crippen LogP contribution in [0.5, 0.6) is 0 Å². The van der Waals surface area contributed by atoms with Crippen molar-refractivity contribution in [3.05, 3.63) is 62.6 Å². The number of nitrogens with zero attached hydrogens (tertiary/aromatic N) is 1. The van der Waals surface area contributed by atoms with Gasteiger partial charge in [-0.2, -0.15) is 0 Å². The second-order valence-corrected chi connectivity index (χ2v) is 11.0. The van der Waals surface area contributed by atoms with Crippen molar-refractivity contribution in [2.45, 2.75) is 10.3 Å². The summed E-state index contributed by atoms with van der Waals surface area (Å²) < 4.78 is -1.33. The number of amides is 3. The van der Waals surface area contributed by atoms with Crippen LogP contribution in [0.3, 0.4) is 0 Å². The molecule has 0 aromatic heterocycles. The van der Waals surface area contributed by atoms with Crippen LogP contribution in [0.4, 0.5) is 10.5 Å². The molecule has 2 atom stereocenters. The Morgan fingerprint density at radius 1 is 1.06 bits per heavy atom. The summed E-state index contributed by atoms with van der Waals surface area (Å²) in [6.45, 7) is 0.396. The maximum absolute atomic E-state index is 12.9. The predicted octanol–water partition coefficient (Wildman–Crippen LogP) is 5.99. The van der Waals surface area contributed by atoms with E-state index in [1.165, 1.54) is 17.1 Å². The number of hydrogen-bond donors (Lipinski definition) is 2. The molecule has 2 unspecified atom stereocenters. The Morgan fingerprint density at radius 2 is 1.75 bits per heavy atom. The minimum Gasteiger partial charge on any atom is -0.326 e. The number of rotatable bonds is 5. The zero-order valence-corrected chi connectivity index (χ0v) is 20.6. The average molecular weight is 554 g/mol. The molecule has 2 aromatic rings. The van der Waals surface area contributed by atoms with E-state index >= 15 is 0 Å². The maximum Gasteiger partial charge on any atom is 0.300 e. The summed E-state index contributed by atoms with van der Waals surface area (Å²) in [5, 5.41) is 4.67. The third-order valence-corrected chi connectivity index (χ3v) is 7.62. The van der Waals surface area contributed by atoms with Crippen LogP contribution in [-0.4, -0.2) is 38.7 Å². The normalized spacial score (nSPS) is 21.4. The Bertz CT molecular complexity index is 1110. The van der Waals surface area contributed by atoms with E-state index in [2.05, 4.69) is 10.7 Å². The Hall–Kier alpha value is -1.35. The number of carbonyl (C=O) groups excluding carboxylic acids is 3. The van der Waals surface area contributed by atoms with Crippen molar-refractivity contribution in [3.63, 3.8) is 0 Å². The molecular formula is C20H14Cl5N3O3S. The van der Waals surface area contributed by atoms with Crippen LogP contribution in [0.1, 0.15) is 21.8 Å². The molecular weight excluding hydrogens is 540 g/mol. The van der Waals surface area contributed by atoms with E-state index in [1.807, 2.05) is 0 Å². The van der Waals surface area contributed by atoms with Crippen molar-refractivity contribution in [1.82, 2.24) is 10.4 Å². The van der Waals surface area contributed by atoms with Crippen molar-refractivity contribution >= 4 is 92.5 Å². The van der Waals surface area contributed by atoms with Crippen LogP contribution < -0.4 is 10.7 Å². The molecule has 2 aromatic carbocycles. The number of nitrogens with one attached hydrogen (secondary N) is 2. The average Bonchev–Trinajstić information content (AvgIpc) is 3.07. The Balaban J connectivity index is 1.49. The lowest BCUT2D eigenvalue weighted by Crippen LogP contribution is -2.42. The number of carbonyl (C=O) groups is 3. The minimum atomic E-state index is -1.33. The van der Waals surface area contributed by atoms with Crippen LogP contribution in [0.15, 0.2) is 36.4 Å². The fraction of sp³-hybridized carbons (Fsp3) is 0.250. The van der Waals surface area contributed by atoms with Gasteiger partial charge >= 0.3 is 0 Å². The molecule has 0 bridgehead atoms. The monoisotopic (exact) mass is 551 g/mol. The summed E-state index contributed by atoms with van der Waals surface area (Å²) in [5.74, 6) is -1.68. The number of hydrogen-bond acceptors (Lipinski definition) is 4. The van der Waals surface area contributed by atoms with E-state index in [4.69, 9.17) is 58.0 Å². The van der Waals surface area contributed by atoms with E-state index in [-0.39, 0.29) is 15.8 Å². The summed E-state index contributed by atoms with van der Waals surface area (Å²) >= 11 is 32.1. The van der Waals surface area contributed by atoms with Gasteiger partial charge in [0.25, 0.3) is 11.1 Å². The van der Waals surface area contributed by atoms with Crippen LogP contribution in [0, 0.1) is 5.92 Å². The SMILES string of the molecule is O=C(NN1CCSC1=O)c1cc(NC(=O)C2C(c3cc(Cl)cc(Cl)c3)C2(Cl)Cl)ccc1Cl. The predicted molar refractivity (Wildman–Crippen MR) is 129 cm³/mol. The summed E-state index contributed by atoms with van der Waals surface area (Å²) in [6, 6.07) is 9.33. The third kappa shape index (κ3) is 4.79. The van der Waals surface area contributed by atoms with Gasteiger partial charge in [0, 0.05) is 27.4 Å². The number of alkyl halides is 2. The molecule has 12 heteroatoms. The first-order valence-corrected chi connectivity index (χ1v) is 12.1. The van der Waals surface area contributed by atoms with Gasteiger partial charge in [-0.25, -0.2) is 5.01 Å². The lowest BCUT2D eigenvalue weighted by atomic mass is 10.1. The third-order valence-electron chi connectivity index (χ3n) is 5.06. The van der Waals surface area contributed by atoms with E-state index < -0.39 is 28.0 Å². The Morgan fingerprint density at radius 3 is 2.38 bits per heavy atom. The summed E-state index contributed by atoms with van der Waals surface area (Å²) in [5.41, 5.74) is 3.59. The summed E-state index contributed by atoms with van der Waals surface area (Å²) in [6.07, 6.45) is 0. The number of halogens is 5. The van der Waals surface area contributed by atoms with Crippen molar-refractivity contribution in [3.8, 4) is 0 Å². The topological polar surface area (TPSA) is 78.5 Å². The van der Waals surface area contributed by atoms with Crippen LogP contribution in [0.25, 0.3) is 0 Å². The van der Waals surface area contributed by atoms with Gasteiger partial charge in [0.05, 0.1) is 23.0 Å². The lowest BCUT2D eigenvalue weighted by Gasteiger charge is -2.17. The highest BCUT2D eigenvalue weighted by Gasteiger charge is 2.67. The molecule has 1 aliphatic heterocycles. The van der Waals surface area contributed by atoms with Crippen LogP contribution in [0.2, 0.25) is 15.1 Å². The van der Waals surface area contributed by atoms with Crippen molar-refractivity contribution in [2.75, 3.05) is 17.6 Å².